The molecule has 1 N–H and O–H groups in total. The van der Waals surface area contributed by atoms with Crippen LogP contribution in [0.15, 0.2) is 23.1 Å². The van der Waals surface area contributed by atoms with Crippen LogP contribution in [0.4, 0.5) is 0 Å². The number of benzene rings is 1. The largest absolute Gasteiger partial charge is 0.316 e. The molecule has 1 aromatic rings. The molecule has 0 aliphatic carbocycles. The van der Waals surface area contributed by atoms with Crippen molar-refractivity contribution in [1.82, 2.24) is 5.32 Å². The minimum atomic E-state index is 0.606. The van der Waals surface area contributed by atoms with Gasteiger partial charge >= 0.3 is 0 Å². The van der Waals surface area contributed by atoms with E-state index in [9.17, 15) is 0 Å². The second-order valence-electron chi connectivity index (χ2n) is 3.58. The summed E-state index contributed by atoms with van der Waals surface area (Å²) in [5.74, 6) is 0.606. The van der Waals surface area contributed by atoms with Crippen LogP contribution >= 0.6 is 23.4 Å². The van der Waals surface area contributed by atoms with Gasteiger partial charge < -0.3 is 5.32 Å². The molecule has 3 heteroatoms. The maximum Gasteiger partial charge on any atom is 0.0442 e. The zero-order chi connectivity index (χ0) is 9.97. The smallest absolute Gasteiger partial charge is 0.0442 e. The summed E-state index contributed by atoms with van der Waals surface area (Å²) in [4.78, 5) is 1.30. The number of hydrogen-bond donors (Lipinski definition) is 1. The van der Waals surface area contributed by atoms with Gasteiger partial charge in [0.25, 0.3) is 0 Å². The highest BCUT2D eigenvalue weighted by molar-refractivity contribution is 7.98. The van der Waals surface area contributed by atoms with Crippen molar-refractivity contribution in [2.45, 2.75) is 17.2 Å². The Hall–Kier alpha value is -0.180. The zero-order valence-electron chi connectivity index (χ0n) is 8.22. The third-order valence-electron chi connectivity index (χ3n) is 2.70. The fourth-order valence-electron chi connectivity index (χ4n) is 1.88. The Morgan fingerprint density at radius 2 is 2.36 bits per heavy atom. The molecule has 1 unspecified atom stereocenters. The van der Waals surface area contributed by atoms with Crippen molar-refractivity contribution in [3.05, 3.63) is 28.8 Å². The summed E-state index contributed by atoms with van der Waals surface area (Å²) in [5, 5.41) is 4.28. The average molecular weight is 228 g/mol. The van der Waals surface area contributed by atoms with Crippen molar-refractivity contribution < 1.29 is 0 Å². The predicted octanol–water partition coefficient (Wildman–Crippen LogP) is 3.14. The Bertz CT molecular complexity index is 321. The van der Waals surface area contributed by atoms with Crippen LogP contribution in [0.2, 0.25) is 5.02 Å². The van der Waals surface area contributed by atoms with Crippen LogP contribution in [0.5, 0.6) is 0 Å². The van der Waals surface area contributed by atoms with Crippen molar-refractivity contribution in [2.24, 2.45) is 0 Å². The summed E-state index contributed by atoms with van der Waals surface area (Å²) in [7, 11) is 0. The van der Waals surface area contributed by atoms with Gasteiger partial charge in [-0.3, -0.25) is 0 Å². The van der Waals surface area contributed by atoms with Gasteiger partial charge in [-0.1, -0.05) is 11.6 Å². The summed E-state index contributed by atoms with van der Waals surface area (Å²) < 4.78 is 0. The first kappa shape index (κ1) is 10.3. The molecular formula is C11H14ClNS. The molecule has 1 nitrogen and oxygen atoms in total. The fourth-order valence-corrected chi connectivity index (χ4v) is 2.60. The Labute approximate surface area is 94.2 Å². The van der Waals surface area contributed by atoms with Gasteiger partial charge in [0.05, 0.1) is 0 Å². The second kappa shape index (κ2) is 4.56. The summed E-state index contributed by atoms with van der Waals surface area (Å²) in [6.07, 6.45) is 3.30. The van der Waals surface area contributed by atoms with E-state index in [1.807, 2.05) is 6.07 Å². The lowest BCUT2D eigenvalue weighted by Gasteiger charge is -2.12. The van der Waals surface area contributed by atoms with Crippen molar-refractivity contribution >= 4 is 23.4 Å². The average Bonchev–Trinajstić information content (AvgIpc) is 2.71. The number of nitrogens with one attached hydrogen (secondary N) is 1. The molecule has 2 rings (SSSR count). The zero-order valence-corrected chi connectivity index (χ0v) is 9.79. The lowest BCUT2D eigenvalue weighted by atomic mass is 9.98. The van der Waals surface area contributed by atoms with Gasteiger partial charge in [0, 0.05) is 16.5 Å². The van der Waals surface area contributed by atoms with E-state index in [0.717, 1.165) is 18.1 Å². The lowest BCUT2D eigenvalue weighted by molar-refractivity contribution is 0.761. The summed E-state index contributed by atoms with van der Waals surface area (Å²) in [6, 6.07) is 6.32. The van der Waals surface area contributed by atoms with Gasteiger partial charge in [0.1, 0.15) is 0 Å². The van der Waals surface area contributed by atoms with Gasteiger partial charge in [-0.2, -0.15) is 0 Å². The minimum absolute atomic E-state index is 0.606. The lowest BCUT2D eigenvalue weighted by Crippen LogP contribution is -2.08. The molecule has 0 saturated carbocycles. The molecule has 0 aromatic heterocycles. The van der Waals surface area contributed by atoms with Crippen LogP contribution in [0, 0.1) is 0 Å². The molecule has 0 bridgehead atoms. The van der Waals surface area contributed by atoms with Gasteiger partial charge in [-0.15, -0.1) is 11.8 Å². The Kier molecular flexibility index (Phi) is 3.37. The number of thioether (sulfide) groups is 1. The van der Waals surface area contributed by atoms with E-state index in [-0.39, 0.29) is 0 Å². The standard InChI is InChI=1S/C11H14ClNS/c1-14-9-2-3-11(12)10(6-9)8-4-5-13-7-8/h2-3,6,8,13H,4-5,7H2,1H3. The fraction of sp³-hybridized carbons (Fsp3) is 0.455. The molecule has 1 aromatic carbocycles. The Morgan fingerprint density at radius 1 is 1.50 bits per heavy atom. The molecule has 1 heterocycles. The number of hydrogen-bond acceptors (Lipinski definition) is 2. The molecule has 1 aliphatic rings. The van der Waals surface area contributed by atoms with E-state index < -0.39 is 0 Å². The first-order valence-corrected chi connectivity index (χ1v) is 6.45. The normalized spacial score (nSPS) is 21.4. The van der Waals surface area contributed by atoms with Crippen LogP contribution in [-0.4, -0.2) is 19.3 Å². The van der Waals surface area contributed by atoms with E-state index in [0.29, 0.717) is 5.92 Å². The molecule has 1 atom stereocenters. The van der Waals surface area contributed by atoms with Crippen LogP contribution < -0.4 is 5.32 Å². The van der Waals surface area contributed by atoms with Crippen LogP contribution in [0.1, 0.15) is 17.9 Å². The minimum Gasteiger partial charge on any atom is -0.316 e. The summed E-state index contributed by atoms with van der Waals surface area (Å²) >= 11 is 7.97. The van der Waals surface area contributed by atoms with Gasteiger partial charge in [-0.05, 0) is 48.9 Å². The first-order valence-electron chi connectivity index (χ1n) is 4.85. The number of halogens is 1. The second-order valence-corrected chi connectivity index (χ2v) is 4.86. The summed E-state index contributed by atoms with van der Waals surface area (Å²) in [5.41, 5.74) is 1.31. The predicted molar refractivity (Wildman–Crippen MR) is 63.5 cm³/mol. The van der Waals surface area contributed by atoms with E-state index in [4.69, 9.17) is 11.6 Å². The van der Waals surface area contributed by atoms with E-state index >= 15 is 0 Å². The van der Waals surface area contributed by atoms with E-state index in [1.165, 1.54) is 16.9 Å². The molecule has 14 heavy (non-hydrogen) atoms. The maximum atomic E-state index is 6.20. The Morgan fingerprint density at radius 3 is 3.00 bits per heavy atom. The highest BCUT2D eigenvalue weighted by Gasteiger charge is 2.19. The van der Waals surface area contributed by atoms with Gasteiger partial charge in [0.15, 0.2) is 0 Å². The highest BCUT2D eigenvalue weighted by atomic mass is 35.5. The number of rotatable bonds is 2. The molecule has 1 aliphatic heterocycles. The van der Waals surface area contributed by atoms with E-state index in [2.05, 4.69) is 23.7 Å². The molecule has 0 amide bonds. The molecular weight excluding hydrogens is 214 g/mol. The van der Waals surface area contributed by atoms with Crippen molar-refractivity contribution in [2.75, 3.05) is 19.3 Å². The highest BCUT2D eigenvalue weighted by Crippen LogP contribution is 2.31. The van der Waals surface area contributed by atoms with Gasteiger partial charge in [0.2, 0.25) is 0 Å². The topological polar surface area (TPSA) is 12.0 Å². The first-order chi connectivity index (χ1) is 6.81. The van der Waals surface area contributed by atoms with Gasteiger partial charge in [-0.25, -0.2) is 0 Å². The molecule has 0 spiro atoms. The van der Waals surface area contributed by atoms with Crippen molar-refractivity contribution in [3.63, 3.8) is 0 Å². The van der Waals surface area contributed by atoms with E-state index in [1.54, 1.807) is 11.8 Å². The molecule has 1 fully saturated rings. The SMILES string of the molecule is CSc1ccc(Cl)c(C2CCNC2)c1. The van der Waals surface area contributed by atoms with Crippen LogP contribution in [0.25, 0.3) is 0 Å². The molecule has 1 saturated heterocycles. The third-order valence-corrected chi connectivity index (χ3v) is 3.77. The quantitative estimate of drug-likeness (QED) is 0.780. The monoisotopic (exact) mass is 227 g/mol. The third kappa shape index (κ3) is 2.08. The Balaban J connectivity index is 2.29. The van der Waals surface area contributed by atoms with Crippen molar-refractivity contribution in [3.8, 4) is 0 Å². The molecule has 76 valence electrons. The summed E-state index contributed by atoms with van der Waals surface area (Å²) in [6.45, 7) is 2.18. The van der Waals surface area contributed by atoms with Crippen molar-refractivity contribution in [1.29, 1.82) is 0 Å². The van der Waals surface area contributed by atoms with Crippen LogP contribution in [-0.2, 0) is 0 Å². The molecule has 0 radical (unpaired) electrons. The van der Waals surface area contributed by atoms with Crippen LogP contribution in [0.3, 0.4) is 0 Å². The maximum absolute atomic E-state index is 6.20.